The summed E-state index contributed by atoms with van der Waals surface area (Å²) in [4.78, 5) is 27.3. The Morgan fingerprint density at radius 3 is 2.07 bits per heavy atom. The summed E-state index contributed by atoms with van der Waals surface area (Å²) in [6.45, 7) is 6.24. The largest absolute Gasteiger partial charge is 0.449 e. The molecule has 6 nitrogen and oxygen atoms in total. The van der Waals surface area contributed by atoms with Gasteiger partial charge in [0.05, 0.1) is 0 Å². The van der Waals surface area contributed by atoms with Crippen LogP contribution in [0.5, 0.6) is 0 Å². The molecular weight excluding hydrogens is 545 g/mol. The molecule has 1 fully saturated rings. The molecule has 1 aliphatic heterocycles. The highest BCUT2D eigenvalue weighted by atomic mass is 19.2. The van der Waals surface area contributed by atoms with Crippen LogP contribution in [0.4, 0.5) is 22.8 Å². The van der Waals surface area contributed by atoms with Gasteiger partial charge < -0.3 is 19.7 Å². The molecule has 5 rings (SSSR count). The van der Waals surface area contributed by atoms with Crippen LogP contribution in [-0.4, -0.2) is 48.4 Å². The van der Waals surface area contributed by atoms with Gasteiger partial charge in [-0.2, -0.15) is 0 Å². The third-order valence-corrected chi connectivity index (χ3v) is 7.94. The van der Waals surface area contributed by atoms with E-state index in [2.05, 4.69) is 5.32 Å². The number of halogens is 3. The van der Waals surface area contributed by atoms with E-state index in [1.165, 1.54) is 0 Å². The van der Waals surface area contributed by atoms with Crippen LogP contribution in [-0.2, 0) is 15.9 Å². The summed E-state index contributed by atoms with van der Waals surface area (Å²) >= 11 is 0. The Morgan fingerprint density at radius 1 is 0.905 bits per heavy atom. The van der Waals surface area contributed by atoms with Gasteiger partial charge in [-0.1, -0.05) is 48.5 Å². The van der Waals surface area contributed by atoms with E-state index in [1.54, 1.807) is 25.7 Å². The number of fused-ring (bicyclic) bond motifs is 3. The van der Waals surface area contributed by atoms with Gasteiger partial charge in [0.15, 0.2) is 11.6 Å². The average molecular weight is 581 g/mol. The van der Waals surface area contributed by atoms with Gasteiger partial charge in [-0.3, -0.25) is 0 Å². The van der Waals surface area contributed by atoms with Crippen molar-refractivity contribution in [3.05, 3.63) is 94.8 Å². The lowest BCUT2D eigenvalue weighted by molar-refractivity contribution is 0.0167. The average Bonchev–Trinajstić information content (AvgIpc) is 3.27. The quantitative estimate of drug-likeness (QED) is 0.313. The minimum Gasteiger partial charge on any atom is -0.449 e. The van der Waals surface area contributed by atoms with Crippen molar-refractivity contribution in [2.45, 2.75) is 57.6 Å². The second-order valence-electron chi connectivity index (χ2n) is 11.9. The summed E-state index contributed by atoms with van der Waals surface area (Å²) in [5, 5.41) is 2.87. The number of rotatable bonds is 6. The van der Waals surface area contributed by atoms with Crippen molar-refractivity contribution in [1.29, 1.82) is 0 Å². The van der Waals surface area contributed by atoms with E-state index < -0.39 is 41.3 Å². The zero-order valence-corrected chi connectivity index (χ0v) is 24.0. The Kier molecular flexibility index (Phi) is 8.48. The Labute approximate surface area is 243 Å². The number of hydrogen-bond donors (Lipinski definition) is 1. The van der Waals surface area contributed by atoms with Crippen LogP contribution in [0.25, 0.3) is 11.1 Å². The molecule has 1 N–H and O–H groups in total. The molecule has 2 aliphatic rings. The molecule has 1 aliphatic carbocycles. The fourth-order valence-electron chi connectivity index (χ4n) is 5.89. The minimum atomic E-state index is -1.28. The van der Waals surface area contributed by atoms with Gasteiger partial charge in [0.25, 0.3) is 0 Å². The molecule has 222 valence electrons. The summed E-state index contributed by atoms with van der Waals surface area (Å²) in [5.41, 5.74) is 3.66. The molecule has 1 saturated heterocycles. The van der Waals surface area contributed by atoms with Crippen LogP contribution >= 0.6 is 0 Å². The first kappa shape index (κ1) is 29.5. The summed E-state index contributed by atoms with van der Waals surface area (Å²) in [6.07, 6.45) is -0.171. The number of alkyl carbamates (subject to hydrolysis) is 1. The van der Waals surface area contributed by atoms with Crippen molar-refractivity contribution in [2.24, 2.45) is 5.92 Å². The molecule has 0 spiro atoms. The number of carbonyl (C=O) groups is 2. The molecule has 0 radical (unpaired) electrons. The van der Waals surface area contributed by atoms with Crippen LogP contribution in [0.3, 0.4) is 0 Å². The number of ether oxygens (including phenoxy) is 2. The van der Waals surface area contributed by atoms with Gasteiger partial charge in [-0.25, -0.2) is 22.8 Å². The summed E-state index contributed by atoms with van der Waals surface area (Å²) in [5.74, 6) is -3.63. The second kappa shape index (κ2) is 12.1. The number of nitrogens with one attached hydrogen (secondary N) is 1. The minimum absolute atomic E-state index is 0.0487. The number of hydrogen-bond acceptors (Lipinski definition) is 4. The topological polar surface area (TPSA) is 67.9 Å². The van der Waals surface area contributed by atoms with Gasteiger partial charge in [0.2, 0.25) is 0 Å². The van der Waals surface area contributed by atoms with Crippen LogP contribution in [0.15, 0.2) is 60.7 Å². The van der Waals surface area contributed by atoms with E-state index in [0.717, 1.165) is 28.3 Å². The third-order valence-electron chi connectivity index (χ3n) is 7.94. The molecule has 3 aromatic rings. The third kappa shape index (κ3) is 6.55. The Morgan fingerprint density at radius 2 is 1.48 bits per heavy atom. The molecular formula is C33H35F3N2O4. The highest BCUT2D eigenvalue weighted by Crippen LogP contribution is 2.44. The molecule has 0 saturated carbocycles. The number of piperidine rings is 1. The lowest BCUT2D eigenvalue weighted by atomic mass is 9.86. The van der Waals surface area contributed by atoms with Gasteiger partial charge >= 0.3 is 12.2 Å². The molecule has 0 bridgehead atoms. The summed E-state index contributed by atoms with van der Waals surface area (Å²) < 4.78 is 53.4. The predicted octanol–water partition coefficient (Wildman–Crippen LogP) is 7.20. The SMILES string of the molecule is CC(C)(C)OC(=O)N1CCC([C@@H](Cc2cc(F)c(F)cc2F)NC(=O)OCC2c3ccccc3-c3ccccc32)CC1. The maximum absolute atomic E-state index is 14.6. The molecule has 0 aromatic heterocycles. The van der Waals surface area contributed by atoms with Crippen LogP contribution in [0.2, 0.25) is 0 Å². The second-order valence-corrected chi connectivity index (χ2v) is 11.9. The van der Waals surface area contributed by atoms with Crippen molar-refractivity contribution in [3.8, 4) is 11.1 Å². The van der Waals surface area contributed by atoms with Gasteiger partial charge in [0.1, 0.15) is 18.0 Å². The van der Waals surface area contributed by atoms with E-state index in [9.17, 15) is 22.8 Å². The van der Waals surface area contributed by atoms with Crippen LogP contribution < -0.4 is 5.32 Å². The van der Waals surface area contributed by atoms with Crippen molar-refractivity contribution in [1.82, 2.24) is 10.2 Å². The lowest BCUT2D eigenvalue weighted by Gasteiger charge is -2.37. The maximum atomic E-state index is 14.6. The molecule has 2 amide bonds. The normalized spacial score (nSPS) is 16.0. The molecule has 1 atom stereocenters. The number of nitrogens with zero attached hydrogens (tertiary/aromatic N) is 1. The number of amides is 2. The number of benzene rings is 3. The summed E-state index contributed by atoms with van der Waals surface area (Å²) in [6, 6.07) is 16.7. The standard InChI is InChI=1S/C33H35F3N2O4/c1-33(2,3)42-32(40)38-14-12-20(13-15-38)30(17-21-16-28(35)29(36)18-27(21)34)37-31(39)41-19-26-24-10-6-4-8-22(24)23-9-5-7-11-25(23)26/h4-11,16,18,20,26,30H,12-15,17,19H2,1-3H3,(H,37,39)/t30-/m1/s1. The first-order valence-corrected chi connectivity index (χ1v) is 14.2. The van der Waals surface area contributed by atoms with Crippen LogP contribution in [0, 0.1) is 23.4 Å². The number of carbonyl (C=O) groups excluding carboxylic acids is 2. The van der Waals surface area contributed by atoms with Crippen molar-refractivity contribution >= 4 is 12.2 Å². The van der Waals surface area contributed by atoms with E-state index in [1.807, 2.05) is 48.5 Å². The van der Waals surface area contributed by atoms with E-state index >= 15 is 0 Å². The molecule has 42 heavy (non-hydrogen) atoms. The molecule has 9 heteroatoms. The Bertz CT molecular complexity index is 1420. The smallest absolute Gasteiger partial charge is 0.410 e. The van der Waals surface area contributed by atoms with Crippen molar-refractivity contribution in [2.75, 3.05) is 19.7 Å². The molecule has 1 heterocycles. The molecule has 0 unspecified atom stereocenters. The van der Waals surface area contributed by atoms with Crippen molar-refractivity contribution < 1.29 is 32.2 Å². The first-order valence-electron chi connectivity index (χ1n) is 14.2. The van der Waals surface area contributed by atoms with E-state index in [4.69, 9.17) is 9.47 Å². The van der Waals surface area contributed by atoms with E-state index in [-0.39, 0.29) is 30.4 Å². The van der Waals surface area contributed by atoms with Gasteiger partial charge in [-0.15, -0.1) is 0 Å². The van der Waals surface area contributed by atoms with E-state index in [0.29, 0.717) is 32.0 Å². The fraction of sp³-hybridized carbons (Fsp3) is 0.394. The van der Waals surface area contributed by atoms with Crippen LogP contribution in [0.1, 0.15) is 56.2 Å². The lowest BCUT2D eigenvalue weighted by Crippen LogP contribution is -2.48. The van der Waals surface area contributed by atoms with Gasteiger partial charge in [-0.05, 0) is 79.8 Å². The Balaban J connectivity index is 1.29. The Hall–Kier alpha value is -4.01. The zero-order valence-electron chi connectivity index (χ0n) is 24.0. The van der Waals surface area contributed by atoms with Crippen molar-refractivity contribution in [3.63, 3.8) is 0 Å². The summed E-state index contributed by atoms with van der Waals surface area (Å²) in [7, 11) is 0. The zero-order chi connectivity index (χ0) is 30.0. The highest BCUT2D eigenvalue weighted by Gasteiger charge is 2.34. The fourth-order valence-corrected chi connectivity index (χ4v) is 5.89. The van der Waals surface area contributed by atoms with Gasteiger partial charge in [0, 0.05) is 31.1 Å². The molecule has 3 aromatic carbocycles. The first-order chi connectivity index (χ1) is 20.0. The maximum Gasteiger partial charge on any atom is 0.410 e. The predicted molar refractivity (Wildman–Crippen MR) is 153 cm³/mol. The number of likely N-dealkylation sites (tertiary alicyclic amines) is 1. The highest BCUT2D eigenvalue weighted by molar-refractivity contribution is 5.79. The monoisotopic (exact) mass is 580 g/mol.